The van der Waals surface area contributed by atoms with Gasteiger partial charge in [0.2, 0.25) is 5.91 Å². The van der Waals surface area contributed by atoms with Crippen molar-refractivity contribution in [3.8, 4) is 10.6 Å². The number of primary amides is 1. The number of nitrogens with two attached hydrogens (primary N) is 1. The van der Waals surface area contributed by atoms with Gasteiger partial charge in [-0.1, -0.05) is 0 Å². The highest BCUT2D eigenvalue weighted by Gasteiger charge is 2.21. The monoisotopic (exact) mass is 344 g/mol. The SMILES string of the molecule is Cc1ccc(-c2cc(C(=O)N[C@@H](Cc3cnc[nH]3)C(N)=O)n[nH]2)s1. The third-order valence-corrected chi connectivity index (χ3v) is 4.48. The number of nitrogens with zero attached hydrogens (tertiary/aromatic N) is 2. The summed E-state index contributed by atoms with van der Waals surface area (Å²) in [6.45, 7) is 2.01. The maximum absolute atomic E-state index is 12.3. The smallest absolute Gasteiger partial charge is 0.272 e. The van der Waals surface area contributed by atoms with Crippen LogP contribution in [0.25, 0.3) is 10.6 Å². The maximum atomic E-state index is 12.3. The molecule has 3 rings (SSSR count). The third kappa shape index (κ3) is 3.51. The van der Waals surface area contributed by atoms with Crippen LogP contribution in [0.3, 0.4) is 0 Å². The summed E-state index contributed by atoms with van der Waals surface area (Å²) in [5, 5.41) is 9.44. The van der Waals surface area contributed by atoms with Gasteiger partial charge < -0.3 is 16.0 Å². The molecule has 0 saturated heterocycles. The van der Waals surface area contributed by atoms with Gasteiger partial charge in [-0.2, -0.15) is 5.10 Å². The molecule has 9 heteroatoms. The van der Waals surface area contributed by atoms with Crippen molar-refractivity contribution < 1.29 is 9.59 Å². The Hall–Kier alpha value is -2.94. The zero-order chi connectivity index (χ0) is 17.1. The first-order chi connectivity index (χ1) is 11.5. The molecule has 0 bridgehead atoms. The highest BCUT2D eigenvalue weighted by atomic mass is 32.1. The molecule has 24 heavy (non-hydrogen) atoms. The molecule has 3 aromatic rings. The standard InChI is InChI=1S/C15H16N6O2S/c1-8-2-3-13(24-8)10-5-12(21-20-10)15(23)19-11(14(16)22)4-9-6-17-7-18-9/h2-3,5-7,11H,4H2,1H3,(H2,16,22)(H,17,18)(H,19,23)(H,20,21)/t11-/m0/s1. The van der Waals surface area contributed by atoms with Crippen LogP contribution in [0.5, 0.6) is 0 Å². The fraction of sp³-hybridized carbons (Fsp3) is 0.200. The molecular weight excluding hydrogens is 328 g/mol. The molecule has 2 amide bonds. The van der Waals surface area contributed by atoms with E-state index in [1.54, 1.807) is 23.6 Å². The zero-order valence-corrected chi connectivity index (χ0v) is 13.7. The average molecular weight is 344 g/mol. The highest BCUT2D eigenvalue weighted by molar-refractivity contribution is 7.15. The number of carbonyl (C=O) groups excluding carboxylic acids is 2. The lowest BCUT2D eigenvalue weighted by Gasteiger charge is -2.13. The summed E-state index contributed by atoms with van der Waals surface area (Å²) in [6.07, 6.45) is 3.31. The van der Waals surface area contributed by atoms with Crippen molar-refractivity contribution in [2.24, 2.45) is 5.73 Å². The average Bonchev–Trinajstić information content (AvgIpc) is 3.27. The van der Waals surface area contributed by atoms with Gasteiger partial charge in [0, 0.05) is 23.2 Å². The number of nitrogens with one attached hydrogen (secondary N) is 3. The first-order valence-electron chi connectivity index (χ1n) is 7.22. The fourth-order valence-corrected chi connectivity index (χ4v) is 3.05. The summed E-state index contributed by atoms with van der Waals surface area (Å²) >= 11 is 1.60. The van der Waals surface area contributed by atoms with Crippen LogP contribution in [0.1, 0.15) is 21.1 Å². The minimum Gasteiger partial charge on any atom is -0.368 e. The van der Waals surface area contributed by atoms with Gasteiger partial charge in [-0.05, 0) is 25.1 Å². The Morgan fingerprint density at radius 3 is 2.88 bits per heavy atom. The summed E-state index contributed by atoms with van der Waals surface area (Å²) in [7, 11) is 0. The summed E-state index contributed by atoms with van der Waals surface area (Å²) < 4.78 is 0. The summed E-state index contributed by atoms with van der Waals surface area (Å²) in [5.74, 6) is -1.09. The molecule has 0 aliphatic rings. The van der Waals surface area contributed by atoms with Gasteiger partial charge in [0.25, 0.3) is 5.91 Å². The number of aromatic nitrogens is 4. The number of hydrogen-bond acceptors (Lipinski definition) is 5. The van der Waals surface area contributed by atoms with E-state index >= 15 is 0 Å². The number of carbonyl (C=O) groups is 2. The van der Waals surface area contributed by atoms with Gasteiger partial charge in [0.05, 0.1) is 16.9 Å². The summed E-state index contributed by atoms with van der Waals surface area (Å²) in [4.78, 5) is 32.8. The molecule has 0 saturated carbocycles. The quantitative estimate of drug-likeness (QED) is 0.531. The molecule has 3 aromatic heterocycles. The Balaban J connectivity index is 1.71. The summed E-state index contributed by atoms with van der Waals surface area (Å²) in [5.41, 5.74) is 7.02. The van der Waals surface area contributed by atoms with Crippen molar-refractivity contribution in [3.05, 3.63) is 47.0 Å². The first kappa shape index (κ1) is 15.9. The third-order valence-electron chi connectivity index (χ3n) is 3.44. The largest absolute Gasteiger partial charge is 0.368 e. The second kappa shape index (κ2) is 6.67. The van der Waals surface area contributed by atoms with Crippen LogP contribution in [0.2, 0.25) is 0 Å². The van der Waals surface area contributed by atoms with Gasteiger partial charge in [-0.15, -0.1) is 11.3 Å². The fourth-order valence-electron chi connectivity index (χ4n) is 2.21. The highest BCUT2D eigenvalue weighted by Crippen LogP contribution is 2.26. The van der Waals surface area contributed by atoms with E-state index < -0.39 is 17.9 Å². The maximum Gasteiger partial charge on any atom is 0.272 e. The summed E-state index contributed by atoms with van der Waals surface area (Å²) in [6, 6.07) is 4.75. The van der Waals surface area contributed by atoms with E-state index in [4.69, 9.17) is 5.73 Å². The van der Waals surface area contributed by atoms with Gasteiger partial charge in [-0.25, -0.2) is 4.98 Å². The lowest BCUT2D eigenvalue weighted by Crippen LogP contribution is -2.46. The Kier molecular flexibility index (Phi) is 4.43. The van der Waals surface area contributed by atoms with Gasteiger partial charge in [0.15, 0.2) is 5.69 Å². The van der Waals surface area contributed by atoms with Crippen molar-refractivity contribution in [2.45, 2.75) is 19.4 Å². The predicted octanol–water partition coefficient (Wildman–Crippen LogP) is 0.996. The molecule has 124 valence electrons. The van der Waals surface area contributed by atoms with Crippen molar-refractivity contribution in [1.29, 1.82) is 0 Å². The van der Waals surface area contributed by atoms with E-state index in [9.17, 15) is 9.59 Å². The molecule has 0 radical (unpaired) electrons. The molecule has 0 aliphatic heterocycles. The van der Waals surface area contributed by atoms with Crippen molar-refractivity contribution in [3.63, 3.8) is 0 Å². The molecule has 0 aromatic carbocycles. The number of aryl methyl sites for hydroxylation is 1. The minimum absolute atomic E-state index is 0.201. The molecule has 0 aliphatic carbocycles. The van der Waals surface area contributed by atoms with Gasteiger partial charge in [-0.3, -0.25) is 14.7 Å². The Bertz CT molecular complexity index is 851. The number of H-pyrrole nitrogens is 2. The number of imidazole rings is 1. The van der Waals surface area contributed by atoms with Gasteiger partial charge in [0.1, 0.15) is 6.04 Å². The number of rotatable bonds is 6. The topological polar surface area (TPSA) is 130 Å². The van der Waals surface area contributed by atoms with Crippen LogP contribution in [-0.2, 0) is 11.2 Å². The Labute approximate surface area is 141 Å². The van der Waals surface area contributed by atoms with E-state index in [0.29, 0.717) is 5.69 Å². The minimum atomic E-state index is -0.845. The molecule has 0 fully saturated rings. The van der Waals surface area contributed by atoms with E-state index in [2.05, 4.69) is 25.5 Å². The van der Waals surface area contributed by atoms with E-state index in [-0.39, 0.29) is 12.1 Å². The van der Waals surface area contributed by atoms with Crippen LogP contribution in [0, 0.1) is 6.92 Å². The normalized spacial score (nSPS) is 12.0. The second-order valence-electron chi connectivity index (χ2n) is 5.29. The number of amides is 2. The molecule has 0 unspecified atom stereocenters. The molecule has 3 heterocycles. The van der Waals surface area contributed by atoms with Crippen LogP contribution in [0.15, 0.2) is 30.7 Å². The lowest BCUT2D eigenvalue weighted by atomic mass is 10.1. The zero-order valence-electron chi connectivity index (χ0n) is 12.9. The molecule has 8 nitrogen and oxygen atoms in total. The van der Waals surface area contributed by atoms with Crippen LogP contribution >= 0.6 is 11.3 Å². The predicted molar refractivity (Wildman–Crippen MR) is 89.4 cm³/mol. The first-order valence-corrected chi connectivity index (χ1v) is 8.04. The Morgan fingerprint density at radius 1 is 1.42 bits per heavy atom. The van der Waals surface area contributed by atoms with E-state index in [0.717, 1.165) is 10.6 Å². The number of thiophene rings is 1. The molecular formula is C15H16N6O2S. The van der Waals surface area contributed by atoms with Crippen LogP contribution in [-0.4, -0.2) is 38.0 Å². The van der Waals surface area contributed by atoms with Crippen molar-refractivity contribution in [2.75, 3.05) is 0 Å². The molecule has 1 atom stereocenters. The second-order valence-corrected chi connectivity index (χ2v) is 6.57. The Morgan fingerprint density at radius 2 is 2.25 bits per heavy atom. The lowest BCUT2D eigenvalue weighted by molar-refractivity contribution is -0.119. The number of aromatic amines is 2. The van der Waals surface area contributed by atoms with E-state index in [1.165, 1.54) is 11.2 Å². The van der Waals surface area contributed by atoms with Crippen molar-refractivity contribution >= 4 is 23.2 Å². The van der Waals surface area contributed by atoms with Crippen LogP contribution in [0.4, 0.5) is 0 Å². The molecule has 0 spiro atoms. The van der Waals surface area contributed by atoms with Gasteiger partial charge >= 0.3 is 0 Å². The van der Waals surface area contributed by atoms with Crippen LogP contribution < -0.4 is 11.1 Å². The molecule has 5 N–H and O–H groups in total. The van der Waals surface area contributed by atoms with E-state index in [1.807, 2.05) is 19.1 Å². The van der Waals surface area contributed by atoms with Crippen molar-refractivity contribution in [1.82, 2.24) is 25.5 Å². The number of hydrogen-bond donors (Lipinski definition) is 4.